The fourth-order valence-corrected chi connectivity index (χ4v) is 3.05. The zero-order valence-electron chi connectivity index (χ0n) is 16.0. The van der Waals surface area contributed by atoms with Crippen molar-refractivity contribution < 1.29 is 9.13 Å². The molecule has 1 N–H and O–H groups in total. The van der Waals surface area contributed by atoms with Crippen LogP contribution in [0.3, 0.4) is 0 Å². The molecule has 1 aromatic carbocycles. The molecule has 0 spiro atoms. The van der Waals surface area contributed by atoms with Gasteiger partial charge in [0.2, 0.25) is 0 Å². The van der Waals surface area contributed by atoms with Crippen LogP contribution in [0.1, 0.15) is 29.7 Å². The molecule has 2 aromatic rings. The Morgan fingerprint density at radius 1 is 1.44 bits per heavy atom. The van der Waals surface area contributed by atoms with Gasteiger partial charge in [-0.25, -0.2) is 9.38 Å². The first-order valence-electron chi connectivity index (χ1n) is 8.95. The molecule has 0 amide bonds. The molecule has 1 aliphatic rings. The lowest BCUT2D eigenvalue weighted by Crippen LogP contribution is -2.48. The lowest BCUT2D eigenvalue weighted by molar-refractivity contribution is -0.00805. The molecule has 0 aliphatic carbocycles. The number of benzene rings is 1. The van der Waals surface area contributed by atoms with Crippen LogP contribution < -0.4 is 5.32 Å². The highest BCUT2D eigenvalue weighted by Gasteiger charge is 2.25. The van der Waals surface area contributed by atoms with E-state index in [4.69, 9.17) is 9.73 Å². The Bertz CT molecular complexity index is 779. The summed E-state index contributed by atoms with van der Waals surface area (Å²) in [4.78, 5) is 6.95. The summed E-state index contributed by atoms with van der Waals surface area (Å²) in [5.74, 6) is 0.670. The van der Waals surface area contributed by atoms with E-state index in [0.717, 1.165) is 36.7 Å². The van der Waals surface area contributed by atoms with E-state index in [1.54, 1.807) is 17.7 Å². The summed E-state index contributed by atoms with van der Waals surface area (Å²) in [7, 11) is 1.90. The van der Waals surface area contributed by atoms with Gasteiger partial charge in [0.15, 0.2) is 5.96 Å². The Balaban J connectivity index is 0.00000261. The predicted octanol–water partition coefficient (Wildman–Crippen LogP) is 3.02. The molecule has 8 heteroatoms. The molecule has 6 nitrogen and oxygen atoms in total. The van der Waals surface area contributed by atoms with E-state index in [2.05, 4.69) is 22.2 Å². The second-order valence-corrected chi connectivity index (χ2v) is 6.51. The van der Waals surface area contributed by atoms with E-state index in [0.29, 0.717) is 18.7 Å². The molecule has 3 rings (SSSR count). The Labute approximate surface area is 176 Å². The van der Waals surface area contributed by atoms with Crippen LogP contribution in [0.15, 0.2) is 35.6 Å². The second-order valence-electron chi connectivity index (χ2n) is 6.51. The monoisotopic (exact) mass is 487 g/mol. The molecule has 1 aliphatic heterocycles. The van der Waals surface area contributed by atoms with Gasteiger partial charge in [-0.1, -0.05) is 12.1 Å². The number of aromatic nitrogens is 2. The van der Waals surface area contributed by atoms with Gasteiger partial charge in [0.05, 0.1) is 25.9 Å². The van der Waals surface area contributed by atoms with Gasteiger partial charge in [0.1, 0.15) is 11.9 Å². The van der Waals surface area contributed by atoms with Crippen LogP contribution in [0.4, 0.5) is 4.39 Å². The highest BCUT2D eigenvalue weighted by Crippen LogP contribution is 2.21. The number of aliphatic imine (C=N–C) groups is 1. The summed E-state index contributed by atoms with van der Waals surface area (Å²) in [6.07, 6.45) is 3.81. The maximum atomic E-state index is 13.4. The summed E-state index contributed by atoms with van der Waals surface area (Å²) in [6.45, 7) is 7.27. The molecule has 1 atom stereocenters. The Hall–Kier alpha value is -1.68. The minimum absolute atomic E-state index is 0. The van der Waals surface area contributed by atoms with Crippen molar-refractivity contribution in [2.45, 2.75) is 26.5 Å². The quantitative estimate of drug-likeness (QED) is 0.410. The van der Waals surface area contributed by atoms with Crippen molar-refractivity contribution in [3.8, 4) is 0 Å². The van der Waals surface area contributed by atoms with Crippen LogP contribution in [0.2, 0.25) is 0 Å². The molecular formula is C19H27FIN5O. The Morgan fingerprint density at radius 3 is 2.93 bits per heavy atom. The summed E-state index contributed by atoms with van der Waals surface area (Å²) >= 11 is 0. The van der Waals surface area contributed by atoms with Crippen LogP contribution in [-0.2, 0) is 18.3 Å². The highest BCUT2D eigenvalue weighted by atomic mass is 127. The summed E-state index contributed by atoms with van der Waals surface area (Å²) < 4.78 is 21.1. The van der Waals surface area contributed by atoms with Crippen LogP contribution in [-0.4, -0.2) is 46.9 Å². The molecule has 0 radical (unpaired) electrons. The van der Waals surface area contributed by atoms with Gasteiger partial charge in [0, 0.05) is 31.9 Å². The van der Waals surface area contributed by atoms with Crippen molar-refractivity contribution in [3.05, 3.63) is 53.1 Å². The zero-order valence-corrected chi connectivity index (χ0v) is 18.3. The van der Waals surface area contributed by atoms with Crippen molar-refractivity contribution in [2.75, 3.05) is 26.2 Å². The van der Waals surface area contributed by atoms with Crippen LogP contribution in [0.25, 0.3) is 0 Å². The Kier molecular flexibility index (Phi) is 8.03. The number of hydrogen-bond acceptors (Lipinski definition) is 3. The first-order chi connectivity index (χ1) is 12.6. The van der Waals surface area contributed by atoms with E-state index >= 15 is 0 Å². The normalized spacial score (nSPS) is 17.6. The standard InChI is InChI=1S/C19H26FN5O.HI/c1-4-21-19(22-10-15-5-6-17(20)14(2)9-15)25-7-8-26-18(13-25)16-11-23-24(3)12-16;/h5-6,9,11-12,18H,4,7-8,10,13H2,1-3H3,(H,21,22);1H. The second kappa shape index (κ2) is 10.0. The lowest BCUT2D eigenvalue weighted by atomic mass is 10.1. The summed E-state index contributed by atoms with van der Waals surface area (Å²) in [5.41, 5.74) is 2.71. The van der Waals surface area contributed by atoms with E-state index in [1.807, 2.05) is 25.5 Å². The molecular weight excluding hydrogens is 460 g/mol. The van der Waals surface area contributed by atoms with Crippen molar-refractivity contribution >= 4 is 29.9 Å². The van der Waals surface area contributed by atoms with E-state index in [9.17, 15) is 4.39 Å². The van der Waals surface area contributed by atoms with Crippen LogP contribution in [0, 0.1) is 12.7 Å². The molecule has 1 aromatic heterocycles. The third-order valence-corrected chi connectivity index (χ3v) is 4.43. The van der Waals surface area contributed by atoms with Gasteiger partial charge in [-0.2, -0.15) is 5.10 Å². The van der Waals surface area contributed by atoms with Crippen molar-refractivity contribution in [2.24, 2.45) is 12.0 Å². The number of morpholine rings is 1. The largest absolute Gasteiger partial charge is 0.370 e. The lowest BCUT2D eigenvalue weighted by Gasteiger charge is -2.34. The molecule has 0 bridgehead atoms. The molecule has 0 saturated carbocycles. The number of aryl methyl sites for hydroxylation is 2. The fraction of sp³-hybridized carbons (Fsp3) is 0.474. The molecule has 148 valence electrons. The minimum atomic E-state index is -0.183. The maximum absolute atomic E-state index is 13.4. The molecule has 1 unspecified atom stereocenters. The molecule has 1 fully saturated rings. The number of ether oxygens (including phenoxy) is 1. The fourth-order valence-electron chi connectivity index (χ4n) is 3.05. The van der Waals surface area contributed by atoms with Gasteiger partial charge in [-0.3, -0.25) is 4.68 Å². The first-order valence-corrected chi connectivity index (χ1v) is 8.95. The highest BCUT2D eigenvalue weighted by molar-refractivity contribution is 14.0. The van der Waals surface area contributed by atoms with Gasteiger partial charge in [-0.05, 0) is 31.0 Å². The average Bonchev–Trinajstić information content (AvgIpc) is 3.08. The van der Waals surface area contributed by atoms with Gasteiger partial charge in [0.25, 0.3) is 0 Å². The molecule has 27 heavy (non-hydrogen) atoms. The van der Waals surface area contributed by atoms with Gasteiger partial charge < -0.3 is 15.0 Å². The number of guanidine groups is 1. The summed E-state index contributed by atoms with van der Waals surface area (Å²) in [6, 6.07) is 5.13. The number of nitrogens with one attached hydrogen (secondary N) is 1. The van der Waals surface area contributed by atoms with Gasteiger partial charge in [-0.15, -0.1) is 24.0 Å². The van der Waals surface area contributed by atoms with Crippen LogP contribution >= 0.6 is 24.0 Å². The van der Waals surface area contributed by atoms with E-state index in [1.165, 1.54) is 6.07 Å². The van der Waals surface area contributed by atoms with Crippen molar-refractivity contribution in [3.63, 3.8) is 0 Å². The van der Waals surface area contributed by atoms with Crippen LogP contribution in [0.5, 0.6) is 0 Å². The number of nitrogens with zero attached hydrogens (tertiary/aromatic N) is 4. The van der Waals surface area contributed by atoms with Crippen molar-refractivity contribution in [1.29, 1.82) is 0 Å². The smallest absolute Gasteiger partial charge is 0.194 e. The molecule has 1 saturated heterocycles. The number of halogens is 2. The average molecular weight is 487 g/mol. The predicted molar refractivity (Wildman–Crippen MR) is 115 cm³/mol. The number of hydrogen-bond donors (Lipinski definition) is 1. The third-order valence-electron chi connectivity index (χ3n) is 4.43. The topological polar surface area (TPSA) is 54.7 Å². The first kappa shape index (κ1) is 21.6. The zero-order chi connectivity index (χ0) is 18.5. The molecule has 2 heterocycles. The van der Waals surface area contributed by atoms with Crippen molar-refractivity contribution in [1.82, 2.24) is 20.0 Å². The maximum Gasteiger partial charge on any atom is 0.194 e. The summed E-state index contributed by atoms with van der Waals surface area (Å²) in [5, 5.41) is 7.58. The Morgan fingerprint density at radius 2 is 2.26 bits per heavy atom. The third kappa shape index (κ3) is 5.65. The minimum Gasteiger partial charge on any atom is -0.370 e. The van der Waals surface area contributed by atoms with Gasteiger partial charge >= 0.3 is 0 Å². The van der Waals surface area contributed by atoms with E-state index in [-0.39, 0.29) is 35.9 Å². The number of rotatable bonds is 4. The SMILES string of the molecule is CCNC(=NCc1ccc(F)c(C)c1)N1CCOC(c2cnn(C)c2)C1.I. The van der Waals surface area contributed by atoms with E-state index < -0.39 is 0 Å².